The van der Waals surface area contributed by atoms with Gasteiger partial charge >= 0.3 is 0 Å². The van der Waals surface area contributed by atoms with Crippen molar-refractivity contribution in [3.63, 3.8) is 0 Å². The van der Waals surface area contributed by atoms with Crippen molar-refractivity contribution in [2.75, 3.05) is 26.3 Å². The normalized spacial score (nSPS) is 11.3. The van der Waals surface area contributed by atoms with Gasteiger partial charge in [-0.15, -0.1) is 0 Å². The fourth-order valence-electron chi connectivity index (χ4n) is 1.97. The van der Waals surface area contributed by atoms with Gasteiger partial charge < -0.3 is 10.1 Å². The number of nitro benzene ring substituents is 1. The number of ether oxygens (including phenoxy) is 1. The highest BCUT2D eigenvalue weighted by Gasteiger charge is 2.15. The van der Waals surface area contributed by atoms with E-state index in [0.717, 1.165) is 43.7 Å². The molecule has 9 nitrogen and oxygen atoms in total. The molecule has 0 bridgehead atoms. The highest BCUT2D eigenvalue weighted by molar-refractivity contribution is 7.89. The molecule has 1 rings (SSSR count). The Morgan fingerprint density at radius 3 is 2.42 bits per heavy atom. The number of amides is 1. The SMILES string of the molecule is CCCCOCCCNC(=O)CCNS(=O)(=O)c1ccc([N+](=O)[O-])cc1. The van der Waals surface area contributed by atoms with Crippen LogP contribution in [0.1, 0.15) is 32.6 Å². The topological polar surface area (TPSA) is 128 Å². The molecule has 10 heteroatoms. The first-order valence-electron chi connectivity index (χ1n) is 8.45. The van der Waals surface area contributed by atoms with E-state index in [1.54, 1.807) is 0 Å². The van der Waals surface area contributed by atoms with Gasteiger partial charge in [-0.25, -0.2) is 13.1 Å². The van der Waals surface area contributed by atoms with Gasteiger partial charge in [-0.1, -0.05) is 13.3 Å². The van der Waals surface area contributed by atoms with Crippen LogP contribution in [0.3, 0.4) is 0 Å². The van der Waals surface area contributed by atoms with E-state index >= 15 is 0 Å². The summed E-state index contributed by atoms with van der Waals surface area (Å²) < 4.78 is 31.8. The van der Waals surface area contributed by atoms with Crippen LogP contribution in [0.4, 0.5) is 5.69 Å². The number of hydrogen-bond donors (Lipinski definition) is 2. The van der Waals surface area contributed by atoms with Gasteiger partial charge in [0.25, 0.3) is 5.69 Å². The second-order valence-electron chi connectivity index (χ2n) is 5.57. The smallest absolute Gasteiger partial charge is 0.269 e. The Morgan fingerprint density at radius 2 is 1.81 bits per heavy atom. The molecular formula is C16H25N3O6S. The maximum Gasteiger partial charge on any atom is 0.269 e. The number of benzene rings is 1. The Balaban J connectivity index is 2.26. The number of rotatable bonds is 13. The molecule has 0 aliphatic heterocycles. The second kappa shape index (κ2) is 11.6. The lowest BCUT2D eigenvalue weighted by molar-refractivity contribution is -0.384. The molecule has 0 unspecified atom stereocenters. The van der Waals surface area contributed by atoms with Crippen molar-refractivity contribution in [2.24, 2.45) is 0 Å². The summed E-state index contributed by atoms with van der Waals surface area (Å²) >= 11 is 0. The summed E-state index contributed by atoms with van der Waals surface area (Å²) in [7, 11) is -3.81. The molecule has 0 spiro atoms. The van der Waals surface area contributed by atoms with Crippen molar-refractivity contribution in [1.29, 1.82) is 0 Å². The van der Waals surface area contributed by atoms with Gasteiger partial charge in [0.2, 0.25) is 15.9 Å². The third-order valence-electron chi connectivity index (χ3n) is 3.43. The standard InChI is InChI=1S/C16H25N3O6S/c1-2-3-12-25-13-4-10-17-16(20)9-11-18-26(23,24)15-7-5-14(6-8-15)19(21)22/h5-8,18H,2-4,9-13H2,1H3,(H,17,20). The lowest BCUT2D eigenvalue weighted by Crippen LogP contribution is -2.31. The molecule has 0 aliphatic carbocycles. The molecule has 0 heterocycles. The van der Waals surface area contributed by atoms with Crippen LogP contribution in [0, 0.1) is 10.1 Å². The van der Waals surface area contributed by atoms with E-state index in [0.29, 0.717) is 19.6 Å². The zero-order chi connectivity index (χ0) is 19.4. The zero-order valence-corrected chi connectivity index (χ0v) is 15.6. The number of unbranched alkanes of at least 4 members (excludes halogenated alkanes) is 1. The third kappa shape index (κ3) is 8.37. The quantitative estimate of drug-likeness (QED) is 0.300. The van der Waals surface area contributed by atoms with Crippen LogP contribution < -0.4 is 10.0 Å². The van der Waals surface area contributed by atoms with Gasteiger partial charge in [0.1, 0.15) is 0 Å². The summed E-state index contributed by atoms with van der Waals surface area (Å²) in [6, 6.07) is 4.53. The maximum atomic E-state index is 12.1. The van der Waals surface area contributed by atoms with E-state index in [4.69, 9.17) is 4.74 Å². The predicted octanol–water partition coefficient (Wildman–Crippen LogP) is 1.59. The van der Waals surface area contributed by atoms with Crippen molar-refractivity contribution >= 4 is 21.6 Å². The number of carbonyl (C=O) groups is 1. The number of sulfonamides is 1. The van der Waals surface area contributed by atoms with E-state index < -0.39 is 14.9 Å². The van der Waals surface area contributed by atoms with Crippen LogP contribution in [-0.4, -0.2) is 45.6 Å². The van der Waals surface area contributed by atoms with Gasteiger partial charge in [0, 0.05) is 44.9 Å². The average molecular weight is 387 g/mol. The molecule has 0 fully saturated rings. The first kappa shape index (κ1) is 22.0. The molecule has 0 aromatic heterocycles. The van der Waals surface area contributed by atoms with Gasteiger partial charge in [-0.05, 0) is 25.0 Å². The fourth-order valence-corrected chi connectivity index (χ4v) is 3.00. The predicted molar refractivity (Wildman–Crippen MR) is 96.3 cm³/mol. The van der Waals surface area contributed by atoms with Crippen LogP contribution >= 0.6 is 0 Å². The Bertz CT molecular complexity index is 676. The molecule has 1 aromatic carbocycles. The van der Waals surface area contributed by atoms with Crippen molar-refractivity contribution in [3.8, 4) is 0 Å². The monoisotopic (exact) mass is 387 g/mol. The molecule has 0 saturated heterocycles. The molecule has 2 N–H and O–H groups in total. The average Bonchev–Trinajstić information content (AvgIpc) is 2.61. The Morgan fingerprint density at radius 1 is 1.15 bits per heavy atom. The molecule has 1 aromatic rings. The fraction of sp³-hybridized carbons (Fsp3) is 0.562. The summed E-state index contributed by atoms with van der Waals surface area (Å²) in [6.45, 7) is 3.79. The van der Waals surface area contributed by atoms with Gasteiger partial charge in [-0.2, -0.15) is 0 Å². The maximum absolute atomic E-state index is 12.1. The van der Waals surface area contributed by atoms with E-state index in [2.05, 4.69) is 17.0 Å². The minimum Gasteiger partial charge on any atom is -0.381 e. The van der Waals surface area contributed by atoms with Crippen molar-refractivity contribution < 1.29 is 22.9 Å². The molecule has 1 amide bonds. The lowest BCUT2D eigenvalue weighted by atomic mass is 10.3. The highest BCUT2D eigenvalue weighted by atomic mass is 32.2. The number of hydrogen-bond acceptors (Lipinski definition) is 6. The first-order chi connectivity index (χ1) is 12.4. The van der Waals surface area contributed by atoms with Gasteiger partial charge in [-0.3, -0.25) is 14.9 Å². The minimum absolute atomic E-state index is 0.00288. The van der Waals surface area contributed by atoms with Gasteiger partial charge in [0.15, 0.2) is 0 Å². The highest BCUT2D eigenvalue weighted by Crippen LogP contribution is 2.15. The number of carbonyl (C=O) groups excluding carboxylic acids is 1. The van der Waals surface area contributed by atoms with E-state index in [-0.39, 0.29) is 29.5 Å². The molecule has 26 heavy (non-hydrogen) atoms. The van der Waals surface area contributed by atoms with Crippen LogP contribution in [0.2, 0.25) is 0 Å². The van der Waals surface area contributed by atoms with Crippen LogP contribution in [0.5, 0.6) is 0 Å². The van der Waals surface area contributed by atoms with Crippen LogP contribution in [0.25, 0.3) is 0 Å². The largest absolute Gasteiger partial charge is 0.381 e. The Kier molecular flexibility index (Phi) is 9.78. The van der Waals surface area contributed by atoms with Crippen LogP contribution in [-0.2, 0) is 19.6 Å². The van der Waals surface area contributed by atoms with E-state index in [1.807, 2.05) is 0 Å². The minimum atomic E-state index is -3.81. The summed E-state index contributed by atoms with van der Waals surface area (Å²) in [6.07, 6.45) is 2.79. The molecule has 0 radical (unpaired) electrons. The Labute approximate surface area is 153 Å². The van der Waals surface area contributed by atoms with Crippen molar-refractivity contribution in [2.45, 2.75) is 37.5 Å². The summed E-state index contributed by atoms with van der Waals surface area (Å²) in [4.78, 5) is 21.5. The van der Waals surface area contributed by atoms with Crippen LogP contribution in [0.15, 0.2) is 29.2 Å². The van der Waals surface area contributed by atoms with E-state index in [1.165, 1.54) is 0 Å². The van der Waals surface area contributed by atoms with Crippen molar-refractivity contribution in [1.82, 2.24) is 10.0 Å². The molecular weight excluding hydrogens is 362 g/mol. The number of nitro groups is 1. The third-order valence-corrected chi connectivity index (χ3v) is 4.91. The molecule has 0 saturated carbocycles. The number of nitrogens with zero attached hydrogens (tertiary/aromatic N) is 1. The lowest BCUT2D eigenvalue weighted by Gasteiger charge is -2.08. The number of non-ortho nitro benzene ring substituents is 1. The summed E-state index contributed by atoms with van der Waals surface area (Å²) in [5.74, 6) is -0.259. The summed E-state index contributed by atoms with van der Waals surface area (Å²) in [5, 5.41) is 13.3. The first-order valence-corrected chi connectivity index (χ1v) is 9.93. The summed E-state index contributed by atoms with van der Waals surface area (Å²) in [5.41, 5.74) is -0.193. The molecule has 146 valence electrons. The molecule has 0 aliphatic rings. The second-order valence-corrected chi connectivity index (χ2v) is 7.34. The zero-order valence-electron chi connectivity index (χ0n) is 14.8. The van der Waals surface area contributed by atoms with Gasteiger partial charge in [0.05, 0.1) is 9.82 Å². The Hall–Kier alpha value is -2.04. The molecule has 0 atom stereocenters. The van der Waals surface area contributed by atoms with Crippen molar-refractivity contribution in [3.05, 3.63) is 34.4 Å². The number of nitrogens with one attached hydrogen (secondary N) is 2. The van der Waals surface area contributed by atoms with E-state index in [9.17, 15) is 23.3 Å².